The molecule has 0 spiro atoms. The van der Waals surface area contributed by atoms with Crippen LogP contribution in [0.25, 0.3) is 0 Å². The predicted molar refractivity (Wildman–Crippen MR) is 96.7 cm³/mol. The van der Waals surface area contributed by atoms with Crippen LogP contribution in [-0.4, -0.2) is 34.7 Å². The minimum absolute atomic E-state index is 0.0788. The molecule has 3 nitrogen and oxygen atoms in total. The van der Waals surface area contributed by atoms with Crippen LogP contribution in [-0.2, 0) is 13.0 Å². The fourth-order valence-corrected chi connectivity index (χ4v) is 4.29. The highest BCUT2D eigenvalue weighted by molar-refractivity contribution is 5.36. The van der Waals surface area contributed by atoms with E-state index in [2.05, 4.69) is 71.7 Å². The molecule has 24 heavy (non-hydrogen) atoms. The number of rotatable bonds is 4. The summed E-state index contributed by atoms with van der Waals surface area (Å²) in [5, 5.41) is 14.2. The molecule has 1 heterocycles. The fourth-order valence-electron chi connectivity index (χ4n) is 4.29. The lowest BCUT2D eigenvalue weighted by Gasteiger charge is -2.23. The molecule has 0 bridgehead atoms. The molecule has 1 fully saturated rings. The van der Waals surface area contributed by atoms with Gasteiger partial charge in [-0.15, -0.1) is 0 Å². The molecule has 0 amide bonds. The summed E-state index contributed by atoms with van der Waals surface area (Å²) in [5.74, 6) is 0. The Morgan fingerprint density at radius 2 is 1.83 bits per heavy atom. The van der Waals surface area contributed by atoms with E-state index in [0.29, 0.717) is 12.1 Å². The van der Waals surface area contributed by atoms with E-state index in [0.717, 1.165) is 25.9 Å². The van der Waals surface area contributed by atoms with Gasteiger partial charge in [0.15, 0.2) is 0 Å². The Bertz CT molecular complexity index is 687. The molecular formula is C21H26N2O. The van der Waals surface area contributed by atoms with Crippen LogP contribution in [0.3, 0.4) is 0 Å². The molecule has 126 valence electrons. The molecule has 1 aliphatic heterocycles. The van der Waals surface area contributed by atoms with Gasteiger partial charge in [0, 0.05) is 31.6 Å². The number of benzene rings is 2. The Labute approximate surface area is 144 Å². The van der Waals surface area contributed by atoms with Gasteiger partial charge >= 0.3 is 0 Å². The number of nitrogens with one attached hydrogen (secondary N) is 1. The van der Waals surface area contributed by atoms with Crippen LogP contribution in [0.5, 0.6) is 0 Å². The number of hydrogen-bond donors (Lipinski definition) is 2. The first kappa shape index (κ1) is 15.8. The van der Waals surface area contributed by atoms with Crippen molar-refractivity contribution in [1.82, 2.24) is 10.2 Å². The van der Waals surface area contributed by atoms with E-state index in [1.165, 1.54) is 16.7 Å². The zero-order valence-electron chi connectivity index (χ0n) is 14.2. The average molecular weight is 322 g/mol. The summed E-state index contributed by atoms with van der Waals surface area (Å²) in [7, 11) is 0. The van der Waals surface area contributed by atoms with Crippen LogP contribution in [0, 0.1) is 0 Å². The second kappa shape index (κ2) is 6.67. The van der Waals surface area contributed by atoms with Crippen molar-refractivity contribution in [3.05, 3.63) is 71.3 Å². The van der Waals surface area contributed by atoms with Gasteiger partial charge in [0.05, 0.1) is 12.1 Å². The monoisotopic (exact) mass is 322 g/mol. The van der Waals surface area contributed by atoms with Crippen LogP contribution >= 0.6 is 0 Å². The van der Waals surface area contributed by atoms with Crippen molar-refractivity contribution in [3.8, 4) is 0 Å². The number of aliphatic hydroxyl groups is 1. The Morgan fingerprint density at radius 3 is 2.67 bits per heavy atom. The highest BCUT2D eigenvalue weighted by Crippen LogP contribution is 2.33. The topological polar surface area (TPSA) is 35.5 Å². The predicted octanol–water partition coefficient (Wildman–Crippen LogP) is 2.90. The molecule has 1 aliphatic carbocycles. The second-order valence-electron chi connectivity index (χ2n) is 7.31. The average Bonchev–Trinajstić information content (AvgIpc) is 3.09. The van der Waals surface area contributed by atoms with Crippen LogP contribution in [0.4, 0.5) is 0 Å². The zero-order valence-corrected chi connectivity index (χ0v) is 14.2. The lowest BCUT2D eigenvalue weighted by Crippen LogP contribution is -2.38. The summed E-state index contributed by atoms with van der Waals surface area (Å²) in [6, 6.07) is 20.2. The molecule has 2 aromatic rings. The van der Waals surface area contributed by atoms with E-state index in [1.54, 1.807) is 0 Å². The Morgan fingerprint density at radius 1 is 1.08 bits per heavy atom. The van der Waals surface area contributed by atoms with E-state index in [4.69, 9.17) is 0 Å². The molecule has 4 atom stereocenters. The molecule has 0 radical (unpaired) electrons. The zero-order chi connectivity index (χ0) is 16.5. The van der Waals surface area contributed by atoms with Crippen molar-refractivity contribution in [3.63, 3.8) is 0 Å². The number of aliphatic hydroxyl groups excluding tert-OH is 1. The minimum Gasteiger partial charge on any atom is -0.391 e. The number of nitrogens with zero attached hydrogens (tertiary/aromatic N) is 1. The highest BCUT2D eigenvalue weighted by Gasteiger charge is 2.36. The first-order valence-electron chi connectivity index (χ1n) is 9.00. The molecule has 0 unspecified atom stereocenters. The van der Waals surface area contributed by atoms with Crippen molar-refractivity contribution in [2.75, 3.05) is 6.54 Å². The first-order chi connectivity index (χ1) is 11.7. The summed E-state index contributed by atoms with van der Waals surface area (Å²) in [4.78, 5) is 2.54. The number of hydrogen-bond acceptors (Lipinski definition) is 3. The highest BCUT2D eigenvalue weighted by atomic mass is 16.3. The molecular weight excluding hydrogens is 296 g/mol. The van der Waals surface area contributed by atoms with E-state index in [-0.39, 0.29) is 12.1 Å². The van der Waals surface area contributed by atoms with Crippen molar-refractivity contribution < 1.29 is 5.11 Å². The van der Waals surface area contributed by atoms with Crippen molar-refractivity contribution in [2.45, 2.75) is 50.5 Å². The molecule has 2 aliphatic rings. The Kier molecular flexibility index (Phi) is 4.40. The van der Waals surface area contributed by atoms with Crippen LogP contribution in [0.15, 0.2) is 54.6 Å². The molecule has 4 rings (SSSR count). The SMILES string of the molecule is C[C@@H]1C[C@@H](N[C@@H]2c3ccccc3C[C@@H]2O)CN1Cc1ccccc1. The molecule has 1 saturated heterocycles. The van der Waals surface area contributed by atoms with Crippen LogP contribution in [0.1, 0.15) is 36.1 Å². The smallest absolute Gasteiger partial charge is 0.0775 e. The molecule has 2 aromatic carbocycles. The van der Waals surface area contributed by atoms with Crippen molar-refractivity contribution >= 4 is 0 Å². The van der Waals surface area contributed by atoms with Crippen LogP contribution < -0.4 is 5.32 Å². The van der Waals surface area contributed by atoms with E-state index < -0.39 is 0 Å². The van der Waals surface area contributed by atoms with Crippen molar-refractivity contribution in [2.24, 2.45) is 0 Å². The summed E-state index contributed by atoms with van der Waals surface area (Å²) < 4.78 is 0. The molecule has 0 aromatic heterocycles. The Balaban J connectivity index is 1.42. The maximum absolute atomic E-state index is 10.5. The van der Waals surface area contributed by atoms with Crippen molar-refractivity contribution in [1.29, 1.82) is 0 Å². The van der Waals surface area contributed by atoms with E-state index in [9.17, 15) is 5.11 Å². The lowest BCUT2D eigenvalue weighted by atomic mass is 10.1. The summed E-state index contributed by atoms with van der Waals surface area (Å²) in [6.07, 6.45) is 1.60. The van der Waals surface area contributed by atoms with Gasteiger partial charge in [-0.25, -0.2) is 0 Å². The van der Waals surface area contributed by atoms with Gasteiger partial charge in [-0.1, -0.05) is 54.6 Å². The van der Waals surface area contributed by atoms with Crippen LogP contribution in [0.2, 0.25) is 0 Å². The second-order valence-corrected chi connectivity index (χ2v) is 7.31. The lowest BCUT2D eigenvalue weighted by molar-refractivity contribution is 0.134. The largest absolute Gasteiger partial charge is 0.391 e. The third-order valence-electron chi connectivity index (χ3n) is 5.55. The third-order valence-corrected chi connectivity index (χ3v) is 5.55. The van der Waals surface area contributed by atoms with Gasteiger partial charge < -0.3 is 10.4 Å². The maximum atomic E-state index is 10.5. The quantitative estimate of drug-likeness (QED) is 0.908. The standard InChI is InChI=1S/C21H26N2O/c1-15-11-18(14-23(15)13-16-7-3-2-4-8-16)22-21-19-10-6-5-9-17(19)12-20(21)24/h2-10,15,18,20-22,24H,11-14H2,1H3/t15-,18-,20+,21-/m1/s1. The van der Waals surface area contributed by atoms with E-state index >= 15 is 0 Å². The maximum Gasteiger partial charge on any atom is 0.0775 e. The number of likely N-dealkylation sites (tertiary alicyclic amines) is 1. The normalized spacial score (nSPS) is 29.8. The van der Waals surface area contributed by atoms with E-state index in [1.807, 2.05) is 0 Å². The van der Waals surface area contributed by atoms with Gasteiger partial charge in [-0.2, -0.15) is 0 Å². The van der Waals surface area contributed by atoms with Gasteiger partial charge in [0.25, 0.3) is 0 Å². The number of fused-ring (bicyclic) bond motifs is 1. The van der Waals surface area contributed by atoms with Gasteiger partial charge in [0.1, 0.15) is 0 Å². The Hall–Kier alpha value is -1.68. The first-order valence-corrected chi connectivity index (χ1v) is 9.00. The molecule has 0 saturated carbocycles. The van der Waals surface area contributed by atoms with Gasteiger partial charge in [0.2, 0.25) is 0 Å². The minimum atomic E-state index is -0.305. The summed E-state index contributed by atoms with van der Waals surface area (Å²) in [6.45, 7) is 4.36. The molecule has 3 heteroatoms. The summed E-state index contributed by atoms with van der Waals surface area (Å²) in [5.41, 5.74) is 3.94. The van der Waals surface area contributed by atoms with Gasteiger partial charge in [-0.05, 0) is 30.0 Å². The third kappa shape index (κ3) is 3.12. The molecule has 2 N–H and O–H groups in total. The van der Waals surface area contributed by atoms with Gasteiger partial charge in [-0.3, -0.25) is 4.90 Å². The fraction of sp³-hybridized carbons (Fsp3) is 0.429. The summed E-state index contributed by atoms with van der Waals surface area (Å²) >= 11 is 0.